The van der Waals surface area contributed by atoms with E-state index in [4.69, 9.17) is 16.0 Å². The normalized spacial score (nSPS) is 11.7. The smallest absolute Gasteiger partial charge is 0.277 e. The third-order valence-electron chi connectivity index (χ3n) is 4.57. The summed E-state index contributed by atoms with van der Waals surface area (Å²) in [6.07, 6.45) is 0.805. The van der Waals surface area contributed by atoms with Crippen molar-refractivity contribution in [2.75, 3.05) is 18.9 Å². The van der Waals surface area contributed by atoms with Crippen LogP contribution in [-0.4, -0.2) is 45.8 Å². The van der Waals surface area contributed by atoms with E-state index in [1.165, 1.54) is 4.90 Å². The minimum atomic E-state index is -0.514. The summed E-state index contributed by atoms with van der Waals surface area (Å²) in [6.45, 7) is 3.69. The zero-order valence-corrected chi connectivity index (χ0v) is 19.0. The number of carbonyl (C=O) groups is 2. The lowest BCUT2D eigenvalue weighted by atomic mass is 10.1. The first kappa shape index (κ1) is 22.8. The molecule has 9 heteroatoms. The van der Waals surface area contributed by atoms with Gasteiger partial charge in [-0.1, -0.05) is 60.6 Å². The number of aromatic nitrogens is 2. The molecular formula is C22H23ClN4O3S. The summed E-state index contributed by atoms with van der Waals surface area (Å²) < 4.78 is 5.64. The number of carbonyl (C=O) groups excluding carboxylic acids is 2. The summed E-state index contributed by atoms with van der Waals surface area (Å²) in [5, 5.41) is 11.1. The molecule has 162 valence electrons. The van der Waals surface area contributed by atoms with Gasteiger partial charge in [0.05, 0.1) is 22.4 Å². The van der Waals surface area contributed by atoms with Crippen molar-refractivity contribution >= 4 is 40.9 Å². The highest BCUT2D eigenvalue weighted by atomic mass is 35.5. The van der Waals surface area contributed by atoms with Crippen LogP contribution in [-0.2, 0) is 16.0 Å². The van der Waals surface area contributed by atoms with E-state index >= 15 is 0 Å². The van der Waals surface area contributed by atoms with Gasteiger partial charge in [0, 0.05) is 12.7 Å². The number of amides is 2. The third-order valence-corrected chi connectivity index (χ3v) is 5.82. The molecule has 2 aromatic carbocycles. The van der Waals surface area contributed by atoms with E-state index in [1.54, 1.807) is 26.1 Å². The minimum Gasteiger partial charge on any atom is -0.411 e. The van der Waals surface area contributed by atoms with Gasteiger partial charge in [0.25, 0.3) is 5.22 Å². The second-order valence-electron chi connectivity index (χ2n) is 6.87. The van der Waals surface area contributed by atoms with Gasteiger partial charge in [-0.2, -0.15) is 0 Å². The van der Waals surface area contributed by atoms with Gasteiger partial charge in [-0.15, -0.1) is 10.2 Å². The van der Waals surface area contributed by atoms with E-state index < -0.39 is 5.25 Å². The molecular weight excluding hydrogens is 436 g/mol. The molecule has 0 spiro atoms. The van der Waals surface area contributed by atoms with E-state index in [9.17, 15) is 9.59 Å². The zero-order valence-electron chi connectivity index (χ0n) is 17.5. The topological polar surface area (TPSA) is 88.3 Å². The molecule has 0 aliphatic carbocycles. The Morgan fingerprint density at radius 2 is 1.87 bits per heavy atom. The van der Waals surface area contributed by atoms with Gasteiger partial charge in [-0.3, -0.25) is 9.59 Å². The lowest BCUT2D eigenvalue weighted by Crippen LogP contribution is -2.39. The lowest BCUT2D eigenvalue weighted by molar-refractivity contribution is -0.132. The van der Waals surface area contributed by atoms with Gasteiger partial charge in [0.15, 0.2) is 0 Å². The molecule has 0 saturated carbocycles. The molecule has 2 amide bonds. The van der Waals surface area contributed by atoms with Crippen LogP contribution < -0.4 is 5.32 Å². The van der Waals surface area contributed by atoms with Crippen molar-refractivity contribution in [2.45, 2.75) is 30.7 Å². The van der Waals surface area contributed by atoms with E-state index in [2.05, 4.69) is 15.5 Å². The SMILES string of the molecule is CCc1ccccc1NC(=O)CN(C)C(=O)C(C)Sc1nnc(-c2ccccc2Cl)o1. The van der Waals surface area contributed by atoms with Gasteiger partial charge < -0.3 is 14.6 Å². The fourth-order valence-corrected chi connectivity index (χ4v) is 3.96. The number of aryl methyl sites for hydroxylation is 1. The van der Waals surface area contributed by atoms with Crippen LogP contribution in [0.5, 0.6) is 0 Å². The zero-order chi connectivity index (χ0) is 22.4. The van der Waals surface area contributed by atoms with Gasteiger partial charge in [0.2, 0.25) is 17.7 Å². The predicted molar refractivity (Wildman–Crippen MR) is 122 cm³/mol. The Morgan fingerprint density at radius 3 is 2.61 bits per heavy atom. The second kappa shape index (κ2) is 10.5. The Bertz CT molecular complexity index is 1070. The van der Waals surface area contributed by atoms with Crippen molar-refractivity contribution < 1.29 is 14.0 Å². The minimum absolute atomic E-state index is 0.0590. The Kier molecular flexibility index (Phi) is 7.70. The fourth-order valence-electron chi connectivity index (χ4n) is 2.95. The van der Waals surface area contributed by atoms with Gasteiger partial charge in [0.1, 0.15) is 0 Å². The molecule has 31 heavy (non-hydrogen) atoms. The molecule has 0 fully saturated rings. The van der Waals surface area contributed by atoms with Crippen molar-refractivity contribution in [1.82, 2.24) is 15.1 Å². The van der Waals surface area contributed by atoms with E-state index in [0.29, 0.717) is 10.6 Å². The molecule has 1 unspecified atom stereocenters. The van der Waals surface area contributed by atoms with Gasteiger partial charge in [-0.25, -0.2) is 0 Å². The molecule has 1 N–H and O–H groups in total. The van der Waals surface area contributed by atoms with E-state index in [-0.39, 0.29) is 29.5 Å². The van der Waals surface area contributed by atoms with Crippen molar-refractivity contribution in [1.29, 1.82) is 0 Å². The molecule has 0 aliphatic rings. The van der Waals surface area contributed by atoms with Crippen molar-refractivity contribution in [2.24, 2.45) is 0 Å². The molecule has 7 nitrogen and oxygen atoms in total. The quantitative estimate of drug-likeness (QED) is 0.499. The number of nitrogens with one attached hydrogen (secondary N) is 1. The maximum Gasteiger partial charge on any atom is 0.277 e. The predicted octanol–water partition coefficient (Wildman–Crippen LogP) is 4.53. The van der Waals surface area contributed by atoms with Crippen LogP contribution in [0.25, 0.3) is 11.5 Å². The van der Waals surface area contributed by atoms with Crippen LogP contribution in [0.15, 0.2) is 58.2 Å². The fraction of sp³-hybridized carbons (Fsp3) is 0.273. The number of benzene rings is 2. The molecule has 0 bridgehead atoms. The first-order valence-corrected chi connectivity index (χ1v) is 11.0. The largest absolute Gasteiger partial charge is 0.411 e. The first-order valence-electron chi connectivity index (χ1n) is 9.76. The number of rotatable bonds is 8. The van der Waals surface area contributed by atoms with Crippen molar-refractivity contribution in [3.8, 4) is 11.5 Å². The van der Waals surface area contributed by atoms with E-state index in [0.717, 1.165) is 29.4 Å². The molecule has 1 heterocycles. The third kappa shape index (κ3) is 5.86. The Balaban J connectivity index is 1.57. The van der Waals surface area contributed by atoms with E-state index in [1.807, 2.05) is 43.3 Å². The molecule has 0 saturated heterocycles. The average Bonchev–Trinajstić information content (AvgIpc) is 3.21. The lowest BCUT2D eigenvalue weighted by Gasteiger charge is -2.20. The Morgan fingerprint density at radius 1 is 1.16 bits per heavy atom. The van der Waals surface area contributed by atoms with Crippen molar-refractivity contribution in [3.05, 3.63) is 59.1 Å². The highest BCUT2D eigenvalue weighted by molar-refractivity contribution is 8.00. The van der Waals surface area contributed by atoms with Crippen LogP contribution in [0.4, 0.5) is 5.69 Å². The number of para-hydroxylation sites is 1. The van der Waals surface area contributed by atoms with Gasteiger partial charge in [-0.05, 0) is 37.1 Å². The van der Waals surface area contributed by atoms with Crippen molar-refractivity contribution in [3.63, 3.8) is 0 Å². The molecule has 3 rings (SSSR count). The molecule has 3 aromatic rings. The monoisotopic (exact) mass is 458 g/mol. The summed E-state index contributed by atoms with van der Waals surface area (Å²) in [7, 11) is 1.59. The van der Waals surface area contributed by atoms with Gasteiger partial charge >= 0.3 is 0 Å². The Hall–Kier alpha value is -2.84. The number of thioether (sulfide) groups is 1. The summed E-state index contributed by atoms with van der Waals surface area (Å²) >= 11 is 7.29. The summed E-state index contributed by atoms with van der Waals surface area (Å²) in [6, 6.07) is 14.8. The van der Waals surface area contributed by atoms with Crippen LogP contribution >= 0.6 is 23.4 Å². The highest BCUT2D eigenvalue weighted by Crippen LogP contribution is 2.30. The molecule has 1 aromatic heterocycles. The number of anilines is 1. The average molecular weight is 459 g/mol. The second-order valence-corrected chi connectivity index (χ2v) is 8.57. The molecule has 0 radical (unpaired) electrons. The number of hydrogen-bond donors (Lipinski definition) is 1. The first-order chi connectivity index (χ1) is 14.9. The number of likely N-dealkylation sites (N-methyl/N-ethyl adjacent to an activating group) is 1. The van der Waals surface area contributed by atoms with Crippen LogP contribution in [0.2, 0.25) is 5.02 Å². The summed E-state index contributed by atoms with van der Waals surface area (Å²) in [5.41, 5.74) is 2.43. The Labute approximate surface area is 190 Å². The maximum absolute atomic E-state index is 12.7. The standard InChI is InChI=1S/C22H23ClN4O3S/c1-4-15-9-5-8-12-18(15)24-19(28)13-27(3)21(29)14(2)31-22-26-25-20(30-22)16-10-6-7-11-17(16)23/h5-12,14H,4,13H2,1-3H3,(H,24,28). The molecule has 0 aliphatic heterocycles. The summed E-state index contributed by atoms with van der Waals surface area (Å²) in [5.74, 6) is -0.191. The van der Waals surface area contributed by atoms with Crippen LogP contribution in [0.1, 0.15) is 19.4 Å². The number of halogens is 1. The van der Waals surface area contributed by atoms with Crippen LogP contribution in [0.3, 0.4) is 0 Å². The maximum atomic E-state index is 12.7. The molecule has 1 atom stereocenters. The summed E-state index contributed by atoms with van der Waals surface area (Å²) in [4.78, 5) is 26.5. The van der Waals surface area contributed by atoms with Crippen LogP contribution in [0, 0.1) is 0 Å². The number of nitrogens with zero attached hydrogens (tertiary/aromatic N) is 3. The number of hydrogen-bond acceptors (Lipinski definition) is 6. The highest BCUT2D eigenvalue weighted by Gasteiger charge is 2.23.